The molecule has 0 heterocycles. The number of hydrogen-bond donors (Lipinski definition) is 0. The first-order valence-corrected chi connectivity index (χ1v) is 7.23. The van der Waals surface area contributed by atoms with Gasteiger partial charge in [0.15, 0.2) is 12.1 Å². The zero-order valence-corrected chi connectivity index (χ0v) is 12.4. The first-order chi connectivity index (χ1) is 8.95. The lowest BCUT2D eigenvalue weighted by Crippen LogP contribution is -2.36. The van der Waals surface area contributed by atoms with Crippen LogP contribution in [0.4, 0.5) is 4.39 Å². The number of Topliss-reactive ketones (excluding diaryl/α,β-unsaturated/α-hetero) is 1. The zero-order chi connectivity index (χ0) is 14.7. The number of alkyl halides is 1. The second kappa shape index (κ2) is 10.1. The van der Waals surface area contributed by atoms with Gasteiger partial charge in [0.25, 0.3) is 0 Å². The Hall–Kier alpha value is -0.770. The molecule has 2 atom stereocenters. The fraction of sp³-hybridized carbons (Fsp3) is 0.867. The summed E-state index contributed by atoms with van der Waals surface area (Å²) in [7, 11) is 0. The van der Waals surface area contributed by atoms with Crippen molar-refractivity contribution in [2.24, 2.45) is 5.92 Å². The number of carbonyl (C=O) groups is 2. The van der Waals surface area contributed by atoms with E-state index in [0.717, 1.165) is 19.8 Å². The van der Waals surface area contributed by atoms with Crippen molar-refractivity contribution < 1.29 is 18.7 Å². The van der Waals surface area contributed by atoms with Gasteiger partial charge in [-0.25, -0.2) is 4.39 Å². The second-order valence-corrected chi connectivity index (χ2v) is 5.27. The van der Waals surface area contributed by atoms with Crippen LogP contribution in [0.15, 0.2) is 0 Å². The molecule has 0 aromatic rings. The van der Waals surface area contributed by atoms with E-state index in [-0.39, 0.29) is 6.29 Å². The van der Waals surface area contributed by atoms with Crippen molar-refractivity contribution in [1.82, 2.24) is 0 Å². The molecule has 0 aliphatic carbocycles. The first kappa shape index (κ1) is 18.2. The molecule has 0 bridgehead atoms. The highest BCUT2D eigenvalue weighted by Gasteiger charge is 2.35. The summed E-state index contributed by atoms with van der Waals surface area (Å²) in [6.07, 6.45) is 6.43. The van der Waals surface area contributed by atoms with E-state index in [9.17, 15) is 14.0 Å². The average Bonchev–Trinajstić information content (AvgIpc) is 2.40. The molecule has 3 nitrogen and oxygen atoms in total. The molecule has 0 aromatic heterocycles. The number of hydrogen-bond acceptors (Lipinski definition) is 3. The molecule has 0 rings (SSSR count). The van der Waals surface area contributed by atoms with Crippen molar-refractivity contribution in [3.63, 3.8) is 0 Å². The second-order valence-electron chi connectivity index (χ2n) is 5.27. The topological polar surface area (TPSA) is 43.4 Å². The highest BCUT2D eigenvalue weighted by molar-refractivity contribution is 6.01. The summed E-state index contributed by atoms with van der Waals surface area (Å²) in [6.45, 7) is 5.94. The molecule has 0 fully saturated rings. The molecule has 0 saturated carbocycles. The molecule has 19 heavy (non-hydrogen) atoms. The summed E-state index contributed by atoms with van der Waals surface area (Å²) >= 11 is 0. The van der Waals surface area contributed by atoms with Crippen LogP contribution in [0.25, 0.3) is 0 Å². The van der Waals surface area contributed by atoms with Crippen molar-refractivity contribution in [2.75, 3.05) is 13.2 Å². The third kappa shape index (κ3) is 8.09. The summed E-state index contributed by atoms with van der Waals surface area (Å²) in [6, 6.07) is 0. The number of rotatable bonds is 12. The lowest BCUT2D eigenvalue weighted by Gasteiger charge is -2.17. The highest BCUT2D eigenvalue weighted by Crippen LogP contribution is 2.17. The predicted octanol–water partition coefficient (Wildman–Crippen LogP) is 3.50. The van der Waals surface area contributed by atoms with Crippen LogP contribution >= 0.6 is 0 Å². The van der Waals surface area contributed by atoms with Gasteiger partial charge in [-0.3, -0.25) is 9.59 Å². The molecule has 0 aromatic carbocycles. The average molecular weight is 274 g/mol. The molecule has 0 aliphatic rings. The van der Waals surface area contributed by atoms with Gasteiger partial charge in [-0.15, -0.1) is 0 Å². The number of unbranched alkanes of at least 4 members (excludes halogenated alkanes) is 4. The normalized spacial score (nSPS) is 15.8. The quantitative estimate of drug-likeness (QED) is 0.311. The monoisotopic (exact) mass is 274 g/mol. The highest BCUT2D eigenvalue weighted by atomic mass is 19.1. The summed E-state index contributed by atoms with van der Waals surface area (Å²) in [4.78, 5) is 22.0. The Labute approximate surface area is 115 Å². The van der Waals surface area contributed by atoms with Crippen molar-refractivity contribution >= 4 is 12.1 Å². The van der Waals surface area contributed by atoms with E-state index >= 15 is 0 Å². The maximum absolute atomic E-state index is 13.5. The van der Waals surface area contributed by atoms with Crippen molar-refractivity contribution in [3.8, 4) is 0 Å². The van der Waals surface area contributed by atoms with Crippen LogP contribution in [0.1, 0.15) is 59.3 Å². The molecule has 0 radical (unpaired) electrons. The van der Waals surface area contributed by atoms with E-state index < -0.39 is 17.4 Å². The third-order valence-corrected chi connectivity index (χ3v) is 3.24. The summed E-state index contributed by atoms with van der Waals surface area (Å²) in [5, 5.41) is 0. The first-order valence-electron chi connectivity index (χ1n) is 7.23. The van der Waals surface area contributed by atoms with Gasteiger partial charge in [0.1, 0.15) is 0 Å². The lowest BCUT2D eigenvalue weighted by molar-refractivity contribution is -0.138. The fourth-order valence-electron chi connectivity index (χ4n) is 1.84. The van der Waals surface area contributed by atoms with Gasteiger partial charge in [-0.2, -0.15) is 0 Å². The van der Waals surface area contributed by atoms with E-state index in [1.165, 1.54) is 19.3 Å². The summed E-state index contributed by atoms with van der Waals surface area (Å²) in [5.41, 5.74) is -2.36. The third-order valence-electron chi connectivity index (χ3n) is 3.24. The van der Waals surface area contributed by atoms with E-state index in [0.29, 0.717) is 19.6 Å². The van der Waals surface area contributed by atoms with Crippen LogP contribution in [0.2, 0.25) is 0 Å². The number of ether oxygens (including phenoxy) is 1. The molecule has 1 unspecified atom stereocenters. The van der Waals surface area contributed by atoms with E-state index in [4.69, 9.17) is 4.74 Å². The Bertz CT molecular complexity index is 264. The van der Waals surface area contributed by atoms with Gasteiger partial charge < -0.3 is 4.74 Å². The fourth-order valence-corrected chi connectivity index (χ4v) is 1.84. The Balaban J connectivity index is 3.61. The number of ketones is 1. The Morgan fingerprint density at radius 1 is 1.26 bits per heavy atom. The standard InChI is InChI=1S/C15H27FO3/c1-4-5-6-7-8-10-19-11-9-13(2)14(18)15(3,16)12-17/h12-13H,4-11H2,1-3H3/t13?,15-/m1/s1. The Morgan fingerprint density at radius 3 is 2.47 bits per heavy atom. The zero-order valence-electron chi connectivity index (χ0n) is 12.4. The van der Waals surface area contributed by atoms with E-state index in [2.05, 4.69) is 6.92 Å². The maximum Gasteiger partial charge on any atom is 0.220 e. The number of aldehydes is 1. The van der Waals surface area contributed by atoms with Gasteiger partial charge >= 0.3 is 0 Å². The van der Waals surface area contributed by atoms with Crippen molar-refractivity contribution in [3.05, 3.63) is 0 Å². The molecular weight excluding hydrogens is 247 g/mol. The SMILES string of the molecule is CCCCCCCOCCC(C)C(=O)[C@](C)(F)C=O. The number of carbonyl (C=O) groups excluding carboxylic acids is 2. The largest absolute Gasteiger partial charge is 0.381 e. The molecule has 0 amide bonds. The van der Waals surface area contributed by atoms with Crippen LogP contribution in [0.5, 0.6) is 0 Å². The maximum atomic E-state index is 13.5. The molecular formula is C15H27FO3. The Morgan fingerprint density at radius 2 is 1.89 bits per heavy atom. The van der Waals surface area contributed by atoms with Gasteiger partial charge in [-0.05, 0) is 19.8 Å². The molecule has 4 heteroatoms. The lowest BCUT2D eigenvalue weighted by atomic mass is 9.92. The van der Waals surface area contributed by atoms with Gasteiger partial charge in [0.2, 0.25) is 5.67 Å². The summed E-state index contributed by atoms with van der Waals surface area (Å²) in [5.74, 6) is -1.14. The minimum Gasteiger partial charge on any atom is -0.381 e. The van der Waals surface area contributed by atoms with Crippen molar-refractivity contribution in [2.45, 2.75) is 65.0 Å². The minimum atomic E-state index is -2.36. The van der Waals surface area contributed by atoms with Crippen LogP contribution in [0.3, 0.4) is 0 Å². The van der Waals surface area contributed by atoms with E-state index in [1.54, 1.807) is 6.92 Å². The van der Waals surface area contributed by atoms with Crippen LogP contribution in [-0.2, 0) is 14.3 Å². The minimum absolute atomic E-state index is 0.0699. The Kier molecular flexibility index (Phi) is 9.66. The van der Waals surface area contributed by atoms with Crippen molar-refractivity contribution in [1.29, 1.82) is 0 Å². The van der Waals surface area contributed by atoms with Gasteiger partial charge in [-0.1, -0.05) is 39.5 Å². The van der Waals surface area contributed by atoms with Gasteiger partial charge in [0.05, 0.1) is 0 Å². The van der Waals surface area contributed by atoms with E-state index in [1.807, 2.05) is 0 Å². The summed E-state index contributed by atoms with van der Waals surface area (Å²) < 4.78 is 18.9. The predicted molar refractivity (Wildman–Crippen MR) is 73.9 cm³/mol. The van der Waals surface area contributed by atoms with Gasteiger partial charge in [0, 0.05) is 19.1 Å². The van der Waals surface area contributed by atoms with Crippen LogP contribution in [0, 0.1) is 5.92 Å². The van der Waals surface area contributed by atoms with Crippen LogP contribution < -0.4 is 0 Å². The number of halogens is 1. The molecule has 0 saturated heterocycles. The molecule has 112 valence electrons. The van der Waals surface area contributed by atoms with Crippen LogP contribution in [-0.4, -0.2) is 31.0 Å². The molecule has 0 spiro atoms. The smallest absolute Gasteiger partial charge is 0.220 e. The molecule has 0 N–H and O–H groups in total. The molecule has 0 aliphatic heterocycles.